The molecule has 0 amide bonds. The SMILES string of the molecule is OC(Cc1c(F)cccc1Cl)Cc1c(F)cccc1Cl. The molecule has 1 N–H and O–H groups in total. The van der Waals surface area contributed by atoms with Crippen LogP contribution in [0.5, 0.6) is 0 Å². The van der Waals surface area contributed by atoms with Crippen molar-refractivity contribution in [3.05, 3.63) is 69.2 Å². The summed E-state index contributed by atoms with van der Waals surface area (Å²) in [6.45, 7) is 0. The molecule has 0 heterocycles. The highest BCUT2D eigenvalue weighted by molar-refractivity contribution is 6.31. The van der Waals surface area contributed by atoms with E-state index in [4.69, 9.17) is 23.2 Å². The van der Waals surface area contributed by atoms with Gasteiger partial charge >= 0.3 is 0 Å². The third kappa shape index (κ3) is 3.48. The monoisotopic (exact) mass is 316 g/mol. The van der Waals surface area contributed by atoms with Crippen molar-refractivity contribution in [2.24, 2.45) is 0 Å². The summed E-state index contributed by atoms with van der Waals surface area (Å²) < 4.78 is 27.2. The maximum Gasteiger partial charge on any atom is 0.127 e. The smallest absolute Gasteiger partial charge is 0.127 e. The number of aliphatic hydroxyl groups excluding tert-OH is 1. The van der Waals surface area contributed by atoms with E-state index in [-0.39, 0.29) is 34.0 Å². The van der Waals surface area contributed by atoms with E-state index >= 15 is 0 Å². The van der Waals surface area contributed by atoms with Gasteiger partial charge in [0.15, 0.2) is 0 Å². The van der Waals surface area contributed by atoms with E-state index in [1.165, 1.54) is 24.3 Å². The Kier molecular flexibility index (Phi) is 4.97. The fourth-order valence-corrected chi connectivity index (χ4v) is 2.48. The maximum atomic E-state index is 13.6. The van der Waals surface area contributed by atoms with Gasteiger partial charge in [-0.1, -0.05) is 35.3 Å². The van der Waals surface area contributed by atoms with Crippen molar-refractivity contribution in [1.82, 2.24) is 0 Å². The van der Waals surface area contributed by atoms with E-state index in [9.17, 15) is 13.9 Å². The lowest BCUT2D eigenvalue weighted by Crippen LogP contribution is -2.16. The van der Waals surface area contributed by atoms with Gasteiger partial charge in [-0.25, -0.2) is 8.78 Å². The van der Waals surface area contributed by atoms with Crippen LogP contribution in [0.25, 0.3) is 0 Å². The van der Waals surface area contributed by atoms with Crippen LogP contribution in [0.3, 0.4) is 0 Å². The summed E-state index contributed by atoms with van der Waals surface area (Å²) in [4.78, 5) is 0. The van der Waals surface area contributed by atoms with Gasteiger partial charge in [-0.15, -0.1) is 0 Å². The molecular weight excluding hydrogens is 305 g/mol. The van der Waals surface area contributed by atoms with Crippen LogP contribution in [0.1, 0.15) is 11.1 Å². The van der Waals surface area contributed by atoms with E-state index in [0.29, 0.717) is 0 Å². The minimum Gasteiger partial charge on any atom is -0.392 e. The normalized spacial score (nSPS) is 11.1. The molecule has 0 unspecified atom stereocenters. The Hall–Kier alpha value is -1.16. The lowest BCUT2D eigenvalue weighted by molar-refractivity contribution is 0.173. The zero-order valence-corrected chi connectivity index (χ0v) is 11.9. The molecule has 5 heteroatoms. The fourth-order valence-electron chi connectivity index (χ4n) is 2.00. The molecule has 2 aromatic rings. The Morgan fingerprint density at radius 1 is 0.850 bits per heavy atom. The van der Waals surface area contributed by atoms with Gasteiger partial charge in [0, 0.05) is 34.0 Å². The molecule has 2 rings (SSSR count). The fraction of sp³-hybridized carbons (Fsp3) is 0.200. The molecule has 0 aromatic heterocycles. The minimum atomic E-state index is -0.973. The lowest BCUT2D eigenvalue weighted by Gasteiger charge is -2.14. The number of rotatable bonds is 4. The van der Waals surface area contributed by atoms with Gasteiger partial charge in [0.05, 0.1) is 6.10 Å². The van der Waals surface area contributed by atoms with Crippen LogP contribution in [-0.2, 0) is 12.8 Å². The van der Waals surface area contributed by atoms with Crippen molar-refractivity contribution in [3.8, 4) is 0 Å². The maximum absolute atomic E-state index is 13.6. The average Bonchev–Trinajstić information content (AvgIpc) is 2.39. The molecular formula is C15H12Cl2F2O. The Morgan fingerprint density at radius 2 is 1.25 bits per heavy atom. The van der Waals surface area contributed by atoms with Crippen molar-refractivity contribution in [1.29, 1.82) is 0 Å². The van der Waals surface area contributed by atoms with Crippen molar-refractivity contribution in [2.75, 3.05) is 0 Å². The Labute approximate surface area is 125 Å². The second-order valence-electron chi connectivity index (χ2n) is 4.46. The molecule has 0 spiro atoms. The van der Waals surface area contributed by atoms with Gasteiger partial charge in [0.25, 0.3) is 0 Å². The zero-order chi connectivity index (χ0) is 14.7. The molecule has 0 saturated carbocycles. The molecule has 106 valence electrons. The molecule has 0 fully saturated rings. The molecule has 0 atom stereocenters. The molecule has 2 aromatic carbocycles. The van der Waals surface area contributed by atoms with Crippen molar-refractivity contribution in [2.45, 2.75) is 18.9 Å². The first-order chi connectivity index (χ1) is 9.49. The zero-order valence-electron chi connectivity index (χ0n) is 10.4. The highest BCUT2D eigenvalue weighted by Crippen LogP contribution is 2.24. The summed E-state index contributed by atoms with van der Waals surface area (Å²) in [5.41, 5.74) is 0.434. The van der Waals surface area contributed by atoms with Crippen LogP contribution in [0.15, 0.2) is 36.4 Å². The van der Waals surface area contributed by atoms with Crippen LogP contribution in [0, 0.1) is 11.6 Å². The molecule has 0 aliphatic heterocycles. The van der Waals surface area contributed by atoms with Crippen molar-refractivity contribution < 1.29 is 13.9 Å². The van der Waals surface area contributed by atoms with E-state index in [2.05, 4.69) is 0 Å². The molecule has 0 bridgehead atoms. The molecule has 0 radical (unpaired) electrons. The van der Waals surface area contributed by atoms with Gasteiger partial charge in [-0.3, -0.25) is 0 Å². The third-order valence-electron chi connectivity index (χ3n) is 3.00. The molecule has 0 saturated heterocycles. The number of benzene rings is 2. The van der Waals surface area contributed by atoms with Crippen LogP contribution in [0.2, 0.25) is 10.0 Å². The summed E-state index contributed by atoms with van der Waals surface area (Å²) in [7, 11) is 0. The predicted molar refractivity (Wildman–Crippen MR) is 76.2 cm³/mol. The Morgan fingerprint density at radius 3 is 1.60 bits per heavy atom. The summed E-state index contributed by atoms with van der Waals surface area (Å²) in [5, 5.41) is 10.5. The second-order valence-corrected chi connectivity index (χ2v) is 5.28. The predicted octanol–water partition coefficient (Wildman–Crippen LogP) is 4.42. The third-order valence-corrected chi connectivity index (χ3v) is 3.71. The summed E-state index contributed by atoms with van der Waals surface area (Å²) in [5.74, 6) is -0.979. The second kappa shape index (κ2) is 6.53. The first-order valence-electron chi connectivity index (χ1n) is 6.03. The van der Waals surface area contributed by atoms with E-state index in [0.717, 1.165) is 0 Å². The first kappa shape index (κ1) is 15.2. The number of halogens is 4. The van der Waals surface area contributed by atoms with Crippen molar-refractivity contribution in [3.63, 3.8) is 0 Å². The van der Waals surface area contributed by atoms with Crippen LogP contribution < -0.4 is 0 Å². The quantitative estimate of drug-likeness (QED) is 0.885. The lowest BCUT2D eigenvalue weighted by atomic mass is 10.0. The summed E-state index contributed by atoms with van der Waals surface area (Å²) in [6, 6.07) is 8.60. The van der Waals surface area contributed by atoms with Gasteiger partial charge in [-0.05, 0) is 24.3 Å². The summed E-state index contributed by atoms with van der Waals surface area (Å²) in [6.07, 6.45) is -0.981. The topological polar surface area (TPSA) is 20.2 Å². The van der Waals surface area contributed by atoms with E-state index < -0.39 is 17.7 Å². The molecule has 20 heavy (non-hydrogen) atoms. The van der Waals surface area contributed by atoms with Crippen LogP contribution in [0.4, 0.5) is 8.78 Å². The first-order valence-corrected chi connectivity index (χ1v) is 6.78. The average molecular weight is 317 g/mol. The number of aliphatic hydroxyl groups is 1. The van der Waals surface area contributed by atoms with Gasteiger partial charge in [0.1, 0.15) is 11.6 Å². The van der Waals surface area contributed by atoms with E-state index in [1.54, 1.807) is 12.1 Å². The number of hydrogen-bond acceptors (Lipinski definition) is 1. The van der Waals surface area contributed by atoms with Crippen LogP contribution >= 0.6 is 23.2 Å². The Balaban J connectivity index is 2.15. The molecule has 0 aliphatic rings. The highest BCUT2D eigenvalue weighted by atomic mass is 35.5. The molecule has 0 aliphatic carbocycles. The van der Waals surface area contributed by atoms with E-state index in [1.807, 2.05) is 0 Å². The standard InChI is InChI=1S/C15H12Cl2F2O/c16-12-3-1-5-14(18)10(12)7-9(20)8-11-13(17)4-2-6-15(11)19/h1-6,9,20H,7-8H2. The van der Waals surface area contributed by atoms with Crippen molar-refractivity contribution >= 4 is 23.2 Å². The summed E-state index contributed by atoms with van der Waals surface area (Å²) >= 11 is 11.8. The Bertz CT molecular complexity index is 523. The van der Waals surface area contributed by atoms with Gasteiger partial charge in [-0.2, -0.15) is 0 Å². The highest BCUT2D eigenvalue weighted by Gasteiger charge is 2.16. The minimum absolute atomic E-state index is 0.00380. The van der Waals surface area contributed by atoms with Gasteiger partial charge < -0.3 is 5.11 Å². The van der Waals surface area contributed by atoms with Gasteiger partial charge in [0.2, 0.25) is 0 Å². The molecule has 1 nitrogen and oxygen atoms in total. The largest absolute Gasteiger partial charge is 0.392 e. The van der Waals surface area contributed by atoms with Crippen LogP contribution in [-0.4, -0.2) is 11.2 Å². The number of hydrogen-bond donors (Lipinski definition) is 1.